The molecule has 2 aliphatic rings. The Morgan fingerprint density at radius 3 is 2.54 bits per heavy atom. The molecule has 1 saturated carbocycles. The molecule has 0 spiro atoms. The van der Waals surface area contributed by atoms with Crippen LogP contribution in [-0.4, -0.2) is 26.7 Å². The Morgan fingerprint density at radius 2 is 1.87 bits per heavy atom. The molecule has 0 unspecified atom stereocenters. The number of nitriles is 1. The lowest BCUT2D eigenvalue weighted by Gasteiger charge is -2.20. The number of hydrogen-bond donors (Lipinski definition) is 1. The number of nitrogens with zero attached hydrogens (tertiary/aromatic N) is 5. The van der Waals surface area contributed by atoms with Crippen molar-refractivity contribution in [1.29, 1.82) is 5.26 Å². The van der Waals surface area contributed by atoms with Gasteiger partial charge in [-0.1, -0.05) is 13.0 Å². The maximum Gasteiger partial charge on any atom is 0.416 e. The number of fused-ring (bicyclic) bond motifs is 1. The van der Waals surface area contributed by atoms with Crippen LogP contribution in [0.4, 0.5) is 24.5 Å². The number of hydrogen-bond acceptors (Lipinski definition) is 5. The van der Waals surface area contributed by atoms with Crippen molar-refractivity contribution in [2.24, 2.45) is 13.0 Å². The Balaban J connectivity index is 1.50. The van der Waals surface area contributed by atoms with Gasteiger partial charge in [0.15, 0.2) is 5.82 Å². The van der Waals surface area contributed by atoms with Crippen LogP contribution >= 0.6 is 0 Å². The first-order valence-electron chi connectivity index (χ1n) is 12.5. The minimum atomic E-state index is -4.57. The summed E-state index contributed by atoms with van der Waals surface area (Å²) in [5, 5.41) is 21.3. The predicted octanol–water partition coefficient (Wildman–Crippen LogP) is 6.02. The van der Waals surface area contributed by atoms with Crippen LogP contribution in [0.2, 0.25) is 0 Å². The molecule has 1 aliphatic carbocycles. The quantitative estimate of drug-likeness (QED) is 0.342. The fraction of sp³-hybridized carbons (Fsp3) is 0.241. The zero-order chi connectivity index (χ0) is 27.5. The van der Waals surface area contributed by atoms with Crippen molar-refractivity contribution in [3.63, 3.8) is 0 Å². The summed E-state index contributed by atoms with van der Waals surface area (Å²) in [5.41, 5.74) is 2.97. The van der Waals surface area contributed by atoms with E-state index in [9.17, 15) is 23.2 Å². The zero-order valence-corrected chi connectivity index (χ0v) is 21.1. The molecule has 7 nitrogen and oxygen atoms in total. The smallest absolute Gasteiger partial charge is 0.382 e. The van der Waals surface area contributed by atoms with Crippen LogP contribution in [0, 0.1) is 17.2 Å². The van der Waals surface area contributed by atoms with Gasteiger partial charge in [-0.2, -0.15) is 18.4 Å². The minimum absolute atomic E-state index is 0.0306. The largest absolute Gasteiger partial charge is 0.416 e. The summed E-state index contributed by atoms with van der Waals surface area (Å²) in [6.07, 6.45) is -1.99. The highest BCUT2D eigenvalue weighted by atomic mass is 19.4. The van der Waals surface area contributed by atoms with Gasteiger partial charge in [-0.25, -0.2) is 0 Å². The van der Waals surface area contributed by atoms with Gasteiger partial charge in [-0.05, 0) is 77.6 Å². The van der Waals surface area contributed by atoms with Gasteiger partial charge in [-0.15, -0.1) is 10.2 Å². The normalized spacial score (nSPS) is 18.2. The zero-order valence-electron chi connectivity index (χ0n) is 21.1. The van der Waals surface area contributed by atoms with Gasteiger partial charge in [0.05, 0.1) is 23.7 Å². The van der Waals surface area contributed by atoms with Crippen LogP contribution in [0.15, 0.2) is 60.9 Å². The number of anilines is 2. The maximum absolute atomic E-state index is 13.7. The highest BCUT2D eigenvalue weighted by molar-refractivity contribution is 6.11. The molecule has 3 aromatic carbocycles. The Hall–Kier alpha value is -4.65. The maximum atomic E-state index is 13.7. The van der Waals surface area contributed by atoms with Crippen LogP contribution in [0.3, 0.4) is 0 Å². The van der Waals surface area contributed by atoms with E-state index in [1.807, 2.05) is 13.1 Å². The topological polar surface area (TPSA) is 86.8 Å². The SMILES string of the molecule is C[C@H]1C[C@@H]1Nc1cc(-c2cc(C#N)ccc2-c2nncn2C)cc(N2Cc3c(cccc3C(F)(F)F)C2=O)c1. The number of rotatable bonds is 5. The van der Waals surface area contributed by atoms with Gasteiger partial charge >= 0.3 is 6.18 Å². The minimum Gasteiger partial charge on any atom is -0.382 e. The van der Waals surface area contributed by atoms with Gasteiger partial charge in [0.25, 0.3) is 5.91 Å². The number of benzene rings is 3. The average molecular weight is 529 g/mol. The number of carbonyl (C=O) groups is 1. The first-order chi connectivity index (χ1) is 18.6. The summed E-state index contributed by atoms with van der Waals surface area (Å²) in [4.78, 5) is 14.8. The standard InChI is InChI=1S/C29H23F3N6O/c1-16-8-26(16)35-19-10-18(23-9-17(13-33)6-7-21(23)27-36-34-15-37(27)2)11-20(12-19)38-14-24-22(28(38)39)4-3-5-25(24)29(30,31)32/h3-7,9-12,15-16,26,35H,8,14H2,1-2H3/t16-,26-/m0/s1. The Kier molecular flexibility index (Phi) is 5.68. The molecule has 1 N–H and O–H groups in total. The van der Waals surface area contributed by atoms with Crippen molar-refractivity contribution in [2.45, 2.75) is 32.1 Å². The third-order valence-electron chi connectivity index (χ3n) is 7.38. The fourth-order valence-corrected chi connectivity index (χ4v) is 5.12. The molecule has 1 aromatic heterocycles. The van der Waals surface area contributed by atoms with Gasteiger partial charge < -0.3 is 14.8 Å². The van der Waals surface area contributed by atoms with Crippen LogP contribution in [0.1, 0.15) is 40.4 Å². The summed E-state index contributed by atoms with van der Waals surface area (Å²) < 4.78 is 43.0. The second kappa shape index (κ2) is 8.98. The van der Waals surface area contributed by atoms with E-state index in [0.29, 0.717) is 34.1 Å². The van der Waals surface area contributed by atoms with E-state index in [4.69, 9.17) is 0 Å². The van der Waals surface area contributed by atoms with Gasteiger partial charge in [0.2, 0.25) is 0 Å². The van der Waals surface area contributed by atoms with E-state index in [-0.39, 0.29) is 23.7 Å². The van der Waals surface area contributed by atoms with Crippen molar-refractivity contribution in [3.8, 4) is 28.6 Å². The summed E-state index contributed by atoms with van der Waals surface area (Å²) in [7, 11) is 1.81. The molecule has 2 heterocycles. The molecule has 1 aliphatic heterocycles. The number of aromatic nitrogens is 3. The molecule has 6 rings (SSSR count). The van der Waals surface area contributed by atoms with Crippen molar-refractivity contribution in [2.75, 3.05) is 10.2 Å². The van der Waals surface area contributed by atoms with E-state index >= 15 is 0 Å². The summed E-state index contributed by atoms with van der Waals surface area (Å²) in [6, 6.07) is 16.9. The highest BCUT2D eigenvalue weighted by Crippen LogP contribution is 2.42. The third-order valence-corrected chi connectivity index (χ3v) is 7.38. The van der Waals surface area contributed by atoms with E-state index in [0.717, 1.165) is 23.7 Å². The highest BCUT2D eigenvalue weighted by Gasteiger charge is 2.40. The Morgan fingerprint density at radius 1 is 1.08 bits per heavy atom. The van der Waals surface area contributed by atoms with Crippen molar-refractivity contribution in [1.82, 2.24) is 14.8 Å². The third kappa shape index (κ3) is 4.40. The van der Waals surface area contributed by atoms with E-state index in [1.165, 1.54) is 17.0 Å². The second-order valence-corrected chi connectivity index (χ2v) is 10.1. The van der Waals surface area contributed by atoms with Gasteiger partial charge in [0.1, 0.15) is 6.33 Å². The number of amides is 1. The molecular weight excluding hydrogens is 505 g/mol. The first kappa shape index (κ1) is 24.7. The summed E-state index contributed by atoms with van der Waals surface area (Å²) in [5.74, 6) is 0.586. The number of aryl methyl sites for hydroxylation is 1. The van der Waals surface area contributed by atoms with Crippen LogP contribution in [-0.2, 0) is 19.8 Å². The molecule has 0 bridgehead atoms. The molecule has 4 aromatic rings. The molecule has 2 atom stereocenters. The lowest BCUT2D eigenvalue weighted by atomic mass is 9.95. The molecule has 1 amide bonds. The monoisotopic (exact) mass is 528 g/mol. The van der Waals surface area contributed by atoms with Gasteiger partial charge in [0, 0.05) is 35.6 Å². The lowest BCUT2D eigenvalue weighted by Crippen LogP contribution is -2.23. The van der Waals surface area contributed by atoms with Crippen LogP contribution < -0.4 is 10.2 Å². The molecule has 0 saturated heterocycles. The van der Waals surface area contributed by atoms with E-state index in [1.54, 1.807) is 41.2 Å². The number of alkyl halides is 3. The molecule has 1 fully saturated rings. The number of carbonyl (C=O) groups excluding carboxylic acids is 1. The first-order valence-corrected chi connectivity index (χ1v) is 12.5. The van der Waals surface area contributed by atoms with Crippen molar-refractivity contribution >= 4 is 17.3 Å². The fourth-order valence-electron chi connectivity index (χ4n) is 5.12. The Labute approximate surface area is 222 Å². The number of nitrogens with one attached hydrogen (secondary N) is 1. The lowest BCUT2D eigenvalue weighted by molar-refractivity contribution is -0.138. The Bertz CT molecular complexity index is 1670. The van der Waals surface area contributed by atoms with E-state index < -0.39 is 17.6 Å². The molecule has 0 radical (unpaired) electrons. The predicted molar refractivity (Wildman–Crippen MR) is 140 cm³/mol. The molecule has 39 heavy (non-hydrogen) atoms. The van der Waals surface area contributed by atoms with Crippen molar-refractivity contribution in [3.05, 3.63) is 83.2 Å². The van der Waals surface area contributed by atoms with Gasteiger partial charge in [-0.3, -0.25) is 4.79 Å². The molecular formula is C29H23F3N6O. The van der Waals surface area contributed by atoms with E-state index in [2.05, 4.69) is 28.5 Å². The number of halogens is 3. The second-order valence-electron chi connectivity index (χ2n) is 10.1. The van der Waals surface area contributed by atoms with Crippen molar-refractivity contribution < 1.29 is 18.0 Å². The van der Waals surface area contributed by atoms with Crippen LogP contribution in [0.25, 0.3) is 22.5 Å². The average Bonchev–Trinajstić information content (AvgIpc) is 3.27. The summed E-state index contributed by atoms with van der Waals surface area (Å²) in [6.45, 7) is 1.94. The van der Waals surface area contributed by atoms with Crippen LogP contribution in [0.5, 0.6) is 0 Å². The summed E-state index contributed by atoms with van der Waals surface area (Å²) >= 11 is 0. The molecule has 10 heteroatoms. The molecule has 196 valence electrons.